The van der Waals surface area contributed by atoms with Crippen molar-refractivity contribution in [2.45, 2.75) is 6.92 Å². The van der Waals surface area contributed by atoms with Crippen LogP contribution in [0.2, 0.25) is 5.02 Å². The van der Waals surface area contributed by atoms with Gasteiger partial charge in [0.25, 0.3) is 11.6 Å². The van der Waals surface area contributed by atoms with Gasteiger partial charge in [0.2, 0.25) is 0 Å². The van der Waals surface area contributed by atoms with E-state index in [1.807, 2.05) is 0 Å². The monoisotopic (exact) mass is 414 g/mol. The second-order valence-corrected chi connectivity index (χ2v) is 6.47. The van der Waals surface area contributed by atoms with Crippen molar-refractivity contribution in [2.24, 2.45) is 0 Å². The molecule has 9 nitrogen and oxygen atoms in total. The first kappa shape index (κ1) is 20.0. The van der Waals surface area contributed by atoms with E-state index >= 15 is 0 Å². The molecule has 1 aromatic heterocycles. The van der Waals surface area contributed by atoms with Crippen molar-refractivity contribution in [3.05, 3.63) is 80.5 Å². The number of amides is 1. The minimum Gasteiger partial charge on any atom is -0.465 e. The lowest BCUT2D eigenvalue weighted by molar-refractivity contribution is -0.384. The number of halogens is 1. The predicted molar refractivity (Wildman–Crippen MR) is 106 cm³/mol. The lowest BCUT2D eigenvalue weighted by Crippen LogP contribution is -2.16. The standard InChI is InChI=1S/C19H15ClN4O5/c1-11-6-17(23(22-11)15-5-3-4-14(20)10-15)21-18(25)12-7-13(19(26)29-2)9-16(8-12)24(27)28/h3-10H,1-2H3,(H,21,25). The van der Waals surface area contributed by atoms with E-state index in [1.165, 1.54) is 10.7 Å². The SMILES string of the molecule is COC(=O)c1cc(C(=O)Nc2cc(C)nn2-c2cccc(Cl)c2)cc([N+](=O)[O-])c1. The van der Waals surface area contributed by atoms with Crippen LogP contribution < -0.4 is 5.32 Å². The van der Waals surface area contributed by atoms with Gasteiger partial charge in [-0.2, -0.15) is 5.10 Å². The molecule has 3 aromatic rings. The Balaban J connectivity index is 1.98. The van der Waals surface area contributed by atoms with Gasteiger partial charge in [0.15, 0.2) is 0 Å². The van der Waals surface area contributed by atoms with Crippen molar-refractivity contribution in [1.82, 2.24) is 9.78 Å². The van der Waals surface area contributed by atoms with E-state index in [2.05, 4.69) is 15.2 Å². The number of aryl methyl sites for hydroxylation is 1. The Labute approximate surface area is 170 Å². The van der Waals surface area contributed by atoms with Crippen molar-refractivity contribution in [3.63, 3.8) is 0 Å². The number of benzene rings is 2. The Bertz CT molecular complexity index is 1130. The number of hydrogen-bond donors (Lipinski definition) is 1. The Kier molecular flexibility index (Phi) is 5.60. The number of hydrogen-bond acceptors (Lipinski definition) is 6. The van der Waals surface area contributed by atoms with Crippen molar-refractivity contribution in [3.8, 4) is 5.69 Å². The highest BCUT2D eigenvalue weighted by Gasteiger charge is 2.20. The Morgan fingerprint density at radius 2 is 1.90 bits per heavy atom. The number of aromatic nitrogens is 2. The first-order valence-electron chi connectivity index (χ1n) is 8.30. The number of nitrogens with zero attached hydrogens (tertiary/aromatic N) is 3. The second kappa shape index (κ2) is 8.11. The number of nitro groups is 1. The molecule has 0 aliphatic carbocycles. The van der Waals surface area contributed by atoms with Crippen LogP contribution in [-0.4, -0.2) is 33.7 Å². The zero-order valence-electron chi connectivity index (χ0n) is 15.4. The van der Waals surface area contributed by atoms with Gasteiger partial charge >= 0.3 is 5.97 Å². The fourth-order valence-corrected chi connectivity index (χ4v) is 2.85. The highest BCUT2D eigenvalue weighted by atomic mass is 35.5. The molecule has 0 fully saturated rings. The number of nitrogens with one attached hydrogen (secondary N) is 1. The maximum absolute atomic E-state index is 12.8. The molecule has 3 rings (SSSR count). The number of ether oxygens (including phenoxy) is 1. The molecule has 0 bridgehead atoms. The molecule has 0 saturated heterocycles. The summed E-state index contributed by atoms with van der Waals surface area (Å²) in [6, 6.07) is 11.9. The third-order valence-corrected chi connectivity index (χ3v) is 4.17. The van der Waals surface area contributed by atoms with Crippen LogP contribution in [0, 0.1) is 17.0 Å². The number of esters is 1. The van der Waals surface area contributed by atoms with Crippen LogP contribution in [0.5, 0.6) is 0 Å². The number of rotatable bonds is 5. The smallest absolute Gasteiger partial charge is 0.338 e. The van der Waals surface area contributed by atoms with Crippen LogP contribution in [0.4, 0.5) is 11.5 Å². The molecular formula is C19H15ClN4O5. The topological polar surface area (TPSA) is 116 Å². The maximum Gasteiger partial charge on any atom is 0.338 e. The molecule has 1 N–H and O–H groups in total. The Morgan fingerprint density at radius 3 is 2.55 bits per heavy atom. The van der Waals surface area contributed by atoms with Gasteiger partial charge < -0.3 is 10.1 Å². The van der Waals surface area contributed by atoms with E-state index in [4.69, 9.17) is 11.6 Å². The van der Waals surface area contributed by atoms with Crippen molar-refractivity contribution in [2.75, 3.05) is 12.4 Å². The van der Waals surface area contributed by atoms with E-state index in [-0.39, 0.29) is 11.1 Å². The summed E-state index contributed by atoms with van der Waals surface area (Å²) in [7, 11) is 1.15. The summed E-state index contributed by atoms with van der Waals surface area (Å²) < 4.78 is 6.08. The molecule has 0 radical (unpaired) electrons. The summed E-state index contributed by atoms with van der Waals surface area (Å²) in [5.41, 5.74) is 0.671. The largest absolute Gasteiger partial charge is 0.465 e. The minimum absolute atomic E-state index is 0.0731. The molecule has 1 heterocycles. The van der Waals surface area contributed by atoms with Gasteiger partial charge in [0.1, 0.15) is 5.82 Å². The van der Waals surface area contributed by atoms with Gasteiger partial charge in [-0.25, -0.2) is 9.48 Å². The van der Waals surface area contributed by atoms with E-state index in [9.17, 15) is 19.7 Å². The van der Waals surface area contributed by atoms with Crippen molar-refractivity contribution < 1.29 is 19.2 Å². The fraction of sp³-hybridized carbons (Fsp3) is 0.105. The average molecular weight is 415 g/mol. The molecule has 10 heteroatoms. The summed E-state index contributed by atoms with van der Waals surface area (Å²) in [6.07, 6.45) is 0. The molecule has 0 aliphatic heterocycles. The third-order valence-electron chi connectivity index (χ3n) is 3.94. The zero-order valence-corrected chi connectivity index (χ0v) is 16.1. The van der Waals surface area contributed by atoms with Crippen LogP contribution in [0.25, 0.3) is 5.69 Å². The van der Waals surface area contributed by atoms with Gasteiger partial charge in [0.05, 0.1) is 29.0 Å². The fourth-order valence-electron chi connectivity index (χ4n) is 2.67. The first-order valence-corrected chi connectivity index (χ1v) is 8.68. The summed E-state index contributed by atoms with van der Waals surface area (Å²) in [6.45, 7) is 1.75. The minimum atomic E-state index is -0.789. The van der Waals surface area contributed by atoms with E-state index in [1.54, 1.807) is 37.3 Å². The molecule has 0 unspecified atom stereocenters. The molecular weight excluding hydrogens is 400 g/mol. The summed E-state index contributed by atoms with van der Waals surface area (Å²) in [4.78, 5) is 35.0. The van der Waals surface area contributed by atoms with Gasteiger partial charge in [0, 0.05) is 28.8 Å². The highest BCUT2D eigenvalue weighted by Crippen LogP contribution is 2.22. The highest BCUT2D eigenvalue weighted by molar-refractivity contribution is 6.30. The van der Waals surface area contributed by atoms with Crippen molar-refractivity contribution in [1.29, 1.82) is 0 Å². The molecule has 0 spiro atoms. The van der Waals surface area contributed by atoms with Gasteiger partial charge in [-0.3, -0.25) is 14.9 Å². The number of nitro benzene ring substituents is 1. The average Bonchev–Trinajstić information content (AvgIpc) is 3.06. The van der Waals surface area contributed by atoms with Crippen LogP contribution in [0.15, 0.2) is 48.5 Å². The van der Waals surface area contributed by atoms with E-state index in [0.717, 1.165) is 19.2 Å². The summed E-state index contributed by atoms with van der Waals surface area (Å²) >= 11 is 6.03. The van der Waals surface area contributed by atoms with Crippen LogP contribution >= 0.6 is 11.6 Å². The normalized spacial score (nSPS) is 10.4. The Morgan fingerprint density at radius 1 is 1.17 bits per heavy atom. The van der Waals surface area contributed by atoms with E-state index < -0.39 is 22.5 Å². The molecule has 0 aliphatic rings. The zero-order chi connectivity index (χ0) is 21.1. The number of methoxy groups -OCH3 is 1. The number of carbonyl (C=O) groups is 2. The second-order valence-electron chi connectivity index (χ2n) is 6.03. The molecule has 0 saturated carbocycles. The summed E-state index contributed by atoms with van der Waals surface area (Å²) in [5, 5.41) is 18.7. The first-order chi connectivity index (χ1) is 13.8. The molecule has 2 aromatic carbocycles. The third kappa shape index (κ3) is 4.41. The predicted octanol–water partition coefficient (Wildman–Crippen LogP) is 3.78. The van der Waals surface area contributed by atoms with Crippen LogP contribution in [-0.2, 0) is 4.74 Å². The Hall–Kier alpha value is -3.72. The number of anilines is 1. The number of carbonyl (C=O) groups excluding carboxylic acids is 2. The number of non-ortho nitro benzene ring substituents is 1. The summed E-state index contributed by atoms with van der Waals surface area (Å²) in [5.74, 6) is -1.11. The lowest BCUT2D eigenvalue weighted by atomic mass is 10.1. The van der Waals surface area contributed by atoms with Crippen molar-refractivity contribution >= 4 is 35.0 Å². The maximum atomic E-state index is 12.8. The van der Waals surface area contributed by atoms with Gasteiger partial charge in [-0.15, -0.1) is 0 Å². The molecule has 0 atom stereocenters. The van der Waals surface area contributed by atoms with Gasteiger partial charge in [-0.05, 0) is 31.2 Å². The van der Waals surface area contributed by atoms with E-state index in [0.29, 0.717) is 22.2 Å². The van der Waals surface area contributed by atoms with Gasteiger partial charge in [-0.1, -0.05) is 17.7 Å². The molecule has 1 amide bonds. The molecule has 148 valence electrons. The molecule has 29 heavy (non-hydrogen) atoms. The van der Waals surface area contributed by atoms with Crippen LogP contribution in [0.1, 0.15) is 26.4 Å². The lowest BCUT2D eigenvalue weighted by Gasteiger charge is -2.10. The quantitative estimate of drug-likeness (QED) is 0.385. The van der Waals surface area contributed by atoms with Crippen LogP contribution in [0.3, 0.4) is 0 Å².